The second kappa shape index (κ2) is 4.29. The molecule has 1 saturated heterocycles. The van der Waals surface area contributed by atoms with Crippen LogP contribution in [0.2, 0.25) is 0 Å². The molecule has 6 heteroatoms. The number of ether oxygens (including phenoxy) is 1. The van der Waals surface area contributed by atoms with Gasteiger partial charge >= 0.3 is 6.18 Å². The molecular formula is C10H11F3N2O. The van der Waals surface area contributed by atoms with Crippen molar-refractivity contribution in [3.63, 3.8) is 0 Å². The number of nitrogens with one attached hydrogen (secondary N) is 1. The fourth-order valence-corrected chi connectivity index (χ4v) is 1.54. The first-order valence-corrected chi connectivity index (χ1v) is 4.97. The molecule has 1 aliphatic rings. The van der Waals surface area contributed by atoms with Crippen LogP contribution in [0.25, 0.3) is 0 Å². The van der Waals surface area contributed by atoms with Crippen molar-refractivity contribution in [3.8, 4) is 5.88 Å². The van der Waals surface area contributed by atoms with Crippen LogP contribution in [0, 0.1) is 0 Å². The van der Waals surface area contributed by atoms with E-state index in [1.807, 2.05) is 0 Å². The molecule has 1 N–H and O–H groups in total. The van der Waals surface area contributed by atoms with Gasteiger partial charge in [-0.3, -0.25) is 0 Å². The van der Waals surface area contributed by atoms with Crippen molar-refractivity contribution in [1.82, 2.24) is 10.3 Å². The van der Waals surface area contributed by atoms with Gasteiger partial charge in [0.05, 0.1) is 0 Å². The summed E-state index contributed by atoms with van der Waals surface area (Å²) in [6.45, 7) is 1.47. The standard InChI is InChI=1S/C10H11F3N2O/c11-10(12,13)8-2-1-3-9(15-8)16-7-4-5-14-6-7/h1-3,7,14H,4-6H2/t7-/m1/s1. The third-order valence-corrected chi connectivity index (χ3v) is 2.32. The minimum Gasteiger partial charge on any atom is -0.473 e. The Labute approximate surface area is 90.6 Å². The summed E-state index contributed by atoms with van der Waals surface area (Å²) in [6.07, 6.45) is -3.72. The molecule has 1 atom stereocenters. The van der Waals surface area contributed by atoms with Crippen LogP contribution < -0.4 is 10.1 Å². The van der Waals surface area contributed by atoms with Crippen LogP contribution in [0.3, 0.4) is 0 Å². The highest BCUT2D eigenvalue weighted by molar-refractivity contribution is 5.18. The molecule has 0 aliphatic carbocycles. The van der Waals surface area contributed by atoms with E-state index in [2.05, 4.69) is 10.3 Å². The number of nitrogens with zero attached hydrogens (tertiary/aromatic N) is 1. The molecule has 2 heterocycles. The predicted molar refractivity (Wildman–Crippen MR) is 51.1 cm³/mol. The molecule has 1 fully saturated rings. The third-order valence-electron chi connectivity index (χ3n) is 2.32. The SMILES string of the molecule is FC(F)(F)c1cccc(O[C@@H]2CCNC2)n1. The molecule has 0 bridgehead atoms. The van der Waals surface area contributed by atoms with Crippen LogP contribution in [0.5, 0.6) is 5.88 Å². The Hall–Kier alpha value is -1.30. The maximum Gasteiger partial charge on any atom is 0.433 e. The maximum atomic E-state index is 12.4. The van der Waals surface area contributed by atoms with Crippen LogP contribution in [0.15, 0.2) is 18.2 Å². The summed E-state index contributed by atoms with van der Waals surface area (Å²) < 4.78 is 42.4. The van der Waals surface area contributed by atoms with Crippen molar-refractivity contribution in [1.29, 1.82) is 0 Å². The molecule has 3 nitrogen and oxygen atoms in total. The van der Waals surface area contributed by atoms with Crippen molar-refractivity contribution < 1.29 is 17.9 Å². The van der Waals surface area contributed by atoms with E-state index >= 15 is 0 Å². The monoisotopic (exact) mass is 232 g/mol. The maximum absolute atomic E-state index is 12.4. The highest BCUT2D eigenvalue weighted by Gasteiger charge is 2.32. The lowest BCUT2D eigenvalue weighted by Gasteiger charge is -2.12. The average Bonchev–Trinajstić information content (AvgIpc) is 2.70. The zero-order chi connectivity index (χ0) is 11.6. The molecule has 88 valence electrons. The zero-order valence-electron chi connectivity index (χ0n) is 8.42. The van der Waals surface area contributed by atoms with Gasteiger partial charge in [-0.25, -0.2) is 4.98 Å². The average molecular weight is 232 g/mol. The number of aromatic nitrogens is 1. The molecule has 0 saturated carbocycles. The van der Waals surface area contributed by atoms with Gasteiger partial charge < -0.3 is 10.1 Å². The van der Waals surface area contributed by atoms with E-state index < -0.39 is 11.9 Å². The second-order valence-corrected chi connectivity index (χ2v) is 3.59. The topological polar surface area (TPSA) is 34.1 Å². The van der Waals surface area contributed by atoms with Crippen LogP contribution >= 0.6 is 0 Å². The first kappa shape index (κ1) is 11.2. The van der Waals surface area contributed by atoms with Gasteiger partial charge in [0.2, 0.25) is 5.88 Å². The third kappa shape index (κ3) is 2.63. The lowest BCUT2D eigenvalue weighted by Crippen LogP contribution is -2.20. The fourth-order valence-electron chi connectivity index (χ4n) is 1.54. The van der Waals surface area contributed by atoms with Crippen LogP contribution in [0.4, 0.5) is 13.2 Å². The van der Waals surface area contributed by atoms with E-state index in [0.29, 0.717) is 6.54 Å². The molecule has 0 aromatic carbocycles. The van der Waals surface area contributed by atoms with Crippen molar-refractivity contribution in [2.75, 3.05) is 13.1 Å². The molecule has 1 aliphatic heterocycles. The Bertz CT molecular complexity index is 361. The number of rotatable bonds is 2. The summed E-state index contributed by atoms with van der Waals surface area (Å²) in [4.78, 5) is 3.43. The van der Waals surface area contributed by atoms with E-state index in [-0.39, 0.29) is 12.0 Å². The van der Waals surface area contributed by atoms with Gasteiger partial charge in [-0.2, -0.15) is 13.2 Å². The van der Waals surface area contributed by atoms with Gasteiger partial charge in [0.25, 0.3) is 0 Å². The minimum atomic E-state index is -4.42. The second-order valence-electron chi connectivity index (χ2n) is 3.59. The quantitative estimate of drug-likeness (QED) is 0.844. The molecule has 2 rings (SSSR count). The first-order chi connectivity index (χ1) is 7.55. The highest BCUT2D eigenvalue weighted by Crippen LogP contribution is 2.28. The van der Waals surface area contributed by atoms with Crippen molar-refractivity contribution in [3.05, 3.63) is 23.9 Å². The van der Waals surface area contributed by atoms with E-state index in [0.717, 1.165) is 19.0 Å². The molecule has 0 spiro atoms. The van der Waals surface area contributed by atoms with E-state index in [1.165, 1.54) is 12.1 Å². The van der Waals surface area contributed by atoms with Gasteiger partial charge in [0.15, 0.2) is 0 Å². The molecule has 1 aromatic heterocycles. The normalized spacial score (nSPS) is 21.1. The number of halogens is 3. The molecular weight excluding hydrogens is 221 g/mol. The number of hydrogen-bond donors (Lipinski definition) is 1. The summed E-state index contributed by atoms with van der Waals surface area (Å²) >= 11 is 0. The molecule has 0 amide bonds. The smallest absolute Gasteiger partial charge is 0.433 e. The van der Waals surface area contributed by atoms with Gasteiger partial charge in [0.1, 0.15) is 11.8 Å². The fraction of sp³-hybridized carbons (Fsp3) is 0.500. The van der Waals surface area contributed by atoms with Gasteiger partial charge in [-0.15, -0.1) is 0 Å². The molecule has 0 radical (unpaired) electrons. The Kier molecular flexibility index (Phi) is 3.00. The highest BCUT2D eigenvalue weighted by atomic mass is 19.4. The van der Waals surface area contributed by atoms with Crippen LogP contribution in [-0.4, -0.2) is 24.2 Å². The Balaban J connectivity index is 2.09. The summed E-state index contributed by atoms with van der Waals surface area (Å²) in [5.41, 5.74) is -0.920. The summed E-state index contributed by atoms with van der Waals surface area (Å²) in [5.74, 6) is 0.0310. The lowest BCUT2D eigenvalue weighted by atomic mass is 10.3. The lowest BCUT2D eigenvalue weighted by molar-refractivity contribution is -0.141. The van der Waals surface area contributed by atoms with E-state index in [1.54, 1.807) is 0 Å². The summed E-state index contributed by atoms with van der Waals surface area (Å²) in [7, 11) is 0. The van der Waals surface area contributed by atoms with Gasteiger partial charge in [-0.1, -0.05) is 6.07 Å². The Morgan fingerprint density at radius 2 is 2.19 bits per heavy atom. The molecule has 16 heavy (non-hydrogen) atoms. The van der Waals surface area contributed by atoms with Gasteiger partial charge in [0, 0.05) is 12.6 Å². The predicted octanol–water partition coefficient (Wildman–Crippen LogP) is 1.84. The van der Waals surface area contributed by atoms with E-state index in [4.69, 9.17) is 4.74 Å². The zero-order valence-corrected chi connectivity index (χ0v) is 8.42. The summed E-state index contributed by atoms with van der Waals surface area (Å²) in [5, 5.41) is 3.06. The van der Waals surface area contributed by atoms with Crippen LogP contribution in [0.1, 0.15) is 12.1 Å². The Morgan fingerprint density at radius 1 is 1.38 bits per heavy atom. The number of alkyl halides is 3. The first-order valence-electron chi connectivity index (χ1n) is 4.97. The number of hydrogen-bond acceptors (Lipinski definition) is 3. The van der Waals surface area contributed by atoms with E-state index in [9.17, 15) is 13.2 Å². The van der Waals surface area contributed by atoms with Crippen molar-refractivity contribution in [2.45, 2.75) is 18.7 Å². The largest absolute Gasteiger partial charge is 0.473 e. The summed E-state index contributed by atoms with van der Waals surface area (Å²) in [6, 6.07) is 3.67. The molecule has 0 unspecified atom stereocenters. The minimum absolute atomic E-state index is 0.0310. The number of pyridine rings is 1. The van der Waals surface area contributed by atoms with Gasteiger partial charge in [-0.05, 0) is 19.0 Å². The van der Waals surface area contributed by atoms with Crippen molar-refractivity contribution >= 4 is 0 Å². The Morgan fingerprint density at radius 3 is 2.81 bits per heavy atom. The molecule has 1 aromatic rings. The van der Waals surface area contributed by atoms with Crippen LogP contribution in [-0.2, 0) is 6.18 Å². The van der Waals surface area contributed by atoms with Crippen molar-refractivity contribution in [2.24, 2.45) is 0 Å².